The molecule has 0 spiro atoms. The topological polar surface area (TPSA) is 35.2 Å². The fraction of sp³-hybridized carbons (Fsp3) is 0.625. The molecule has 1 saturated carbocycles. The molecule has 1 aliphatic carbocycles. The van der Waals surface area contributed by atoms with Gasteiger partial charge in [-0.1, -0.05) is 35.8 Å². The van der Waals surface area contributed by atoms with Gasteiger partial charge in [0.1, 0.15) is 5.75 Å². The highest BCUT2D eigenvalue weighted by atomic mass is 79.9. The standard InChI is InChI=1S/C16H24BrNO/c1-15(2)6-8-16(18,9-7-15)10-11-19-14-5-3-4-13(17)12-14/h3-5,12H,6-11,18H2,1-2H3. The van der Waals surface area contributed by atoms with Gasteiger partial charge in [0.05, 0.1) is 6.61 Å². The van der Waals surface area contributed by atoms with Crippen molar-refractivity contribution in [2.24, 2.45) is 11.1 Å². The molecule has 106 valence electrons. The molecule has 0 unspecified atom stereocenters. The Kier molecular flexibility index (Phi) is 4.57. The smallest absolute Gasteiger partial charge is 0.120 e. The van der Waals surface area contributed by atoms with Crippen molar-refractivity contribution in [2.45, 2.75) is 51.5 Å². The van der Waals surface area contributed by atoms with Crippen molar-refractivity contribution in [1.82, 2.24) is 0 Å². The lowest BCUT2D eigenvalue weighted by Crippen LogP contribution is -2.46. The molecule has 1 aromatic rings. The predicted molar refractivity (Wildman–Crippen MR) is 83.4 cm³/mol. The van der Waals surface area contributed by atoms with Gasteiger partial charge in [-0.2, -0.15) is 0 Å². The van der Waals surface area contributed by atoms with Gasteiger partial charge in [-0.3, -0.25) is 0 Å². The lowest BCUT2D eigenvalue weighted by molar-refractivity contribution is 0.140. The molecule has 19 heavy (non-hydrogen) atoms. The average molecular weight is 326 g/mol. The van der Waals surface area contributed by atoms with Crippen LogP contribution in [0.25, 0.3) is 0 Å². The fourth-order valence-electron chi connectivity index (χ4n) is 2.60. The van der Waals surface area contributed by atoms with E-state index in [-0.39, 0.29) is 5.54 Å². The van der Waals surface area contributed by atoms with Crippen LogP contribution < -0.4 is 10.5 Å². The normalized spacial score (nSPS) is 21.1. The second-order valence-electron chi connectivity index (χ2n) is 6.58. The summed E-state index contributed by atoms with van der Waals surface area (Å²) in [6.07, 6.45) is 5.61. The number of rotatable bonds is 4. The summed E-state index contributed by atoms with van der Waals surface area (Å²) >= 11 is 3.45. The molecular weight excluding hydrogens is 302 g/mol. The van der Waals surface area contributed by atoms with E-state index < -0.39 is 0 Å². The van der Waals surface area contributed by atoms with Crippen LogP contribution in [0, 0.1) is 5.41 Å². The first kappa shape index (κ1) is 14.9. The molecule has 0 radical (unpaired) electrons. The summed E-state index contributed by atoms with van der Waals surface area (Å²) in [4.78, 5) is 0. The third-order valence-corrected chi connectivity index (χ3v) is 4.76. The molecule has 1 aliphatic rings. The molecule has 1 aromatic carbocycles. The van der Waals surface area contributed by atoms with Gasteiger partial charge in [-0.15, -0.1) is 0 Å². The molecule has 0 aliphatic heterocycles. The fourth-order valence-corrected chi connectivity index (χ4v) is 2.98. The summed E-state index contributed by atoms with van der Waals surface area (Å²) in [5, 5.41) is 0. The van der Waals surface area contributed by atoms with Gasteiger partial charge in [0, 0.05) is 10.0 Å². The van der Waals surface area contributed by atoms with Crippen molar-refractivity contribution >= 4 is 15.9 Å². The van der Waals surface area contributed by atoms with Gasteiger partial charge < -0.3 is 10.5 Å². The van der Waals surface area contributed by atoms with Gasteiger partial charge in [0.15, 0.2) is 0 Å². The van der Waals surface area contributed by atoms with Gasteiger partial charge in [0.25, 0.3) is 0 Å². The Balaban J connectivity index is 1.79. The molecular formula is C16H24BrNO. The summed E-state index contributed by atoms with van der Waals surface area (Å²) in [6, 6.07) is 7.96. The quantitative estimate of drug-likeness (QED) is 0.883. The summed E-state index contributed by atoms with van der Waals surface area (Å²) < 4.78 is 6.84. The van der Waals surface area contributed by atoms with Crippen molar-refractivity contribution in [3.63, 3.8) is 0 Å². The molecule has 0 bridgehead atoms. The summed E-state index contributed by atoms with van der Waals surface area (Å²) in [6.45, 7) is 5.38. The SMILES string of the molecule is CC1(C)CCC(N)(CCOc2cccc(Br)c2)CC1. The van der Waals surface area contributed by atoms with Crippen molar-refractivity contribution in [3.8, 4) is 5.75 Å². The Labute approximate surface area is 124 Å². The number of benzene rings is 1. The monoisotopic (exact) mass is 325 g/mol. The molecule has 0 amide bonds. The third-order valence-electron chi connectivity index (χ3n) is 4.26. The van der Waals surface area contributed by atoms with Crippen LogP contribution in [0.15, 0.2) is 28.7 Å². The van der Waals surface area contributed by atoms with E-state index in [9.17, 15) is 0 Å². The molecule has 2 rings (SSSR count). The van der Waals surface area contributed by atoms with Crippen LogP contribution in [-0.2, 0) is 0 Å². The van der Waals surface area contributed by atoms with E-state index in [0.29, 0.717) is 12.0 Å². The zero-order chi connectivity index (χ0) is 13.9. The van der Waals surface area contributed by atoms with Gasteiger partial charge in [0.2, 0.25) is 0 Å². The minimum absolute atomic E-state index is 0.0263. The minimum Gasteiger partial charge on any atom is -0.493 e. The molecule has 0 saturated heterocycles. The first-order valence-corrected chi connectivity index (χ1v) is 7.85. The largest absolute Gasteiger partial charge is 0.493 e. The first-order valence-electron chi connectivity index (χ1n) is 7.06. The summed E-state index contributed by atoms with van der Waals surface area (Å²) in [7, 11) is 0. The van der Waals surface area contributed by atoms with Crippen LogP contribution in [0.3, 0.4) is 0 Å². The first-order chi connectivity index (χ1) is 8.89. The van der Waals surface area contributed by atoms with Gasteiger partial charge in [-0.05, 0) is 55.7 Å². The summed E-state index contributed by atoms with van der Waals surface area (Å²) in [5.41, 5.74) is 6.93. The van der Waals surface area contributed by atoms with E-state index in [4.69, 9.17) is 10.5 Å². The second-order valence-corrected chi connectivity index (χ2v) is 7.50. The molecule has 0 aromatic heterocycles. The zero-order valence-electron chi connectivity index (χ0n) is 11.9. The van der Waals surface area contributed by atoms with E-state index >= 15 is 0 Å². The van der Waals surface area contributed by atoms with Crippen LogP contribution in [0.2, 0.25) is 0 Å². The Hall–Kier alpha value is -0.540. The Bertz CT molecular complexity index is 421. The average Bonchev–Trinajstić information content (AvgIpc) is 2.34. The Morgan fingerprint density at radius 3 is 2.53 bits per heavy atom. The zero-order valence-corrected chi connectivity index (χ0v) is 13.5. The maximum absolute atomic E-state index is 6.48. The Morgan fingerprint density at radius 2 is 1.89 bits per heavy atom. The van der Waals surface area contributed by atoms with Crippen molar-refractivity contribution in [1.29, 1.82) is 0 Å². The van der Waals surface area contributed by atoms with E-state index in [2.05, 4.69) is 29.8 Å². The van der Waals surface area contributed by atoms with Crippen LogP contribution in [0.1, 0.15) is 46.0 Å². The molecule has 2 nitrogen and oxygen atoms in total. The van der Waals surface area contributed by atoms with Crippen molar-refractivity contribution in [2.75, 3.05) is 6.61 Å². The van der Waals surface area contributed by atoms with Crippen molar-refractivity contribution in [3.05, 3.63) is 28.7 Å². The van der Waals surface area contributed by atoms with Gasteiger partial charge in [-0.25, -0.2) is 0 Å². The number of hydrogen-bond donors (Lipinski definition) is 1. The van der Waals surface area contributed by atoms with Crippen LogP contribution in [0.5, 0.6) is 5.75 Å². The van der Waals surface area contributed by atoms with E-state index in [1.54, 1.807) is 0 Å². The highest BCUT2D eigenvalue weighted by Gasteiger charge is 2.34. The highest BCUT2D eigenvalue weighted by Crippen LogP contribution is 2.40. The molecule has 1 fully saturated rings. The predicted octanol–water partition coefficient (Wildman–Crippen LogP) is 4.52. The highest BCUT2D eigenvalue weighted by molar-refractivity contribution is 9.10. The van der Waals surface area contributed by atoms with E-state index in [1.165, 1.54) is 12.8 Å². The summed E-state index contributed by atoms with van der Waals surface area (Å²) in [5.74, 6) is 0.911. The maximum atomic E-state index is 6.48. The second kappa shape index (κ2) is 5.84. The lowest BCUT2D eigenvalue weighted by Gasteiger charge is -2.41. The van der Waals surface area contributed by atoms with Crippen molar-refractivity contribution < 1.29 is 4.74 Å². The number of nitrogens with two attached hydrogens (primary N) is 1. The van der Waals surface area contributed by atoms with Crippen LogP contribution in [0.4, 0.5) is 0 Å². The molecule has 0 heterocycles. The Morgan fingerprint density at radius 1 is 1.21 bits per heavy atom. The van der Waals surface area contributed by atoms with Crippen LogP contribution >= 0.6 is 15.9 Å². The molecule has 3 heteroatoms. The number of halogens is 1. The third kappa shape index (κ3) is 4.50. The number of hydrogen-bond acceptors (Lipinski definition) is 2. The molecule has 2 N–H and O–H groups in total. The minimum atomic E-state index is -0.0263. The van der Waals surface area contributed by atoms with E-state index in [0.717, 1.165) is 29.5 Å². The molecule has 0 atom stereocenters. The lowest BCUT2D eigenvalue weighted by atomic mass is 9.69. The van der Waals surface area contributed by atoms with E-state index in [1.807, 2.05) is 24.3 Å². The maximum Gasteiger partial charge on any atom is 0.120 e. The number of ether oxygens (including phenoxy) is 1. The van der Waals surface area contributed by atoms with Crippen LogP contribution in [-0.4, -0.2) is 12.1 Å². The van der Waals surface area contributed by atoms with Gasteiger partial charge >= 0.3 is 0 Å².